The molecule has 1 aliphatic rings. The molecular weight excluding hydrogens is 192 g/mol. The van der Waals surface area contributed by atoms with E-state index in [1.54, 1.807) is 18.2 Å². The van der Waals surface area contributed by atoms with E-state index >= 15 is 0 Å². The lowest BCUT2D eigenvalue weighted by Gasteiger charge is -2.08. The highest BCUT2D eigenvalue weighted by Crippen LogP contribution is 2.48. The van der Waals surface area contributed by atoms with E-state index < -0.39 is 11.4 Å². The molecule has 0 radical (unpaired) electrons. The molecule has 1 aromatic carbocycles. The van der Waals surface area contributed by atoms with Crippen molar-refractivity contribution in [3.63, 3.8) is 0 Å². The summed E-state index contributed by atoms with van der Waals surface area (Å²) >= 11 is 0. The highest BCUT2D eigenvalue weighted by atomic mass is 16.4. The van der Waals surface area contributed by atoms with Gasteiger partial charge < -0.3 is 5.11 Å². The molecule has 1 saturated carbocycles. The Balaban J connectivity index is 2.33. The second kappa shape index (κ2) is 3.19. The molecule has 15 heavy (non-hydrogen) atoms. The normalized spacial score (nSPS) is 17.1. The fourth-order valence-corrected chi connectivity index (χ4v) is 1.73. The van der Waals surface area contributed by atoms with Gasteiger partial charge in [-0.1, -0.05) is 23.8 Å². The lowest BCUT2D eigenvalue weighted by Crippen LogP contribution is -2.25. The molecule has 1 N–H and O–H groups in total. The zero-order chi connectivity index (χ0) is 11.1. The molecule has 2 rings (SSSR count). The van der Waals surface area contributed by atoms with Crippen LogP contribution in [0.2, 0.25) is 0 Å². The average molecular weight is 204 g/mol. The van der Waals surface area contributed by atoms with Crippen LogP contribution in [0.15, 0.2) is 24.3 Å². The summed E-state index contributed by atoms with van der Waals surface area (Å²) in [5.41, 5.74) is 0.366. The van der Waals surface area contributed by atoms with E-state index in [9.17, 15) is 9.59 Å². The summed E-state index contributed by atoms with van der Waals surface area (Å²) < 4.78 is 0. The quantitative estimate of drug-likeness (QED) is 0.605. The van der Waals surface area contributed by atoms with E-state index in [0.29, 0.717) is 18.4 Å². The standard InChI is InChI=1S/C12H12O3/c1-8-3-2-4-9(7-8)10(13)12(5-6-12)11(14)15/h2-4,7H,5-6H2,1H3,(H,14,15). The van der Waals surface area contributed by atoms with Crippen LogP contribution in [-0.4, -0.2) is 16.9 Å². The average Bonchev–Trinajstić information content (AvgIpc) is 2.97. The van der Waals surface area contributed by atoms with Crippen LogP contribution in [0.3, 0.4) is 0 Å². The Morgan fingerprint density at radius 3 is 2.47 bits per heavy atom. The first-order valence-electron chi connectivity index (χ1n) is 4.91. The minimum Gasteiger partial charge on any atom is -0.480 e. The first kappa shape index (κ1) is 9.90. The summed E-state index contributed by atoms with van der Waals surface area (Å²) in [6, 6.07) is 7.08. The van der Waals surface area contributed by atoms with Gasteiger partial charge in [-0.25, -0.2) is 0 Å². The van der Waals surface area contributed by atoms with Crippen molar-refractivity contribution in [2.45, 2.75) is 19.8 Å². The van der Waals surface area contributed by atoms with Crippen LogP contribution in [0, 0.1) is 12.3 Å². The van der Waals surface area contributed by atoms with E-state index in [4.69, 9.17) is 5.11 Å². The van der Waals surface area contributed by atoms with Crippen LogP contribution < -0.4 is 0 Å². The van der Waals surface area contributed by atoms with Gasteiger partial charge in [-0.2, -0.15) is 0 Å². The highest BCUT2D eigenvalue weighted by molar-refractivity contribution is 6.14. The molecule has 0 aromatic heterocycles. The van der Waals surface area contributed by atoms with E-state index in [-0.39, 0.29) is 5.78 Å². The van der Waals surface area contributed by atoms with Crippen LogP contribution in [0.25, 0.3) is 0 Å². The minimum absolute atomic E-state index is 0.251. The van der Waals surface area contributed by atoms with Crippen molar-refractivity contribution in [1.29, 1.82) is 0 Å². The number of hydrogen-bond donors (Lipinski definition) is 1. The number of carbonyl (C=O) groups excluding carboxylic acids is 1. The molecule has 1 aliphatic carbocycles. The Labute approximate surface area is 87.7 Å². The van der Waals surface area contributed by atoms with Crippen molar-refractivity contribution < 1.29 is 14.7 Å². The van der Waals surface area contributed by atoms with Gasteiger partial charge in [0.2, 0.25) is 0 Å². The Morgan fingerprint density at radius 2 is 2.00 bits per heavy atom. The minimum atomic E-state index is -1.12. The van der Waals surface area contributed by atoms with E-state index in [1.807, 2.05) is 13.0 Å². The number of carboxylic acid groups (broad SMARTS) is 1. The van der Waals surface area contributed by atoms with Crippen molar-refractivity contribution in [3.8, 4) is 0 Å². The van der Waals surface area contributed by atoms with Gasteiger partial charge >= 0.3 is 5.97 Å². The molecule has 78 valence electrons. The van der Waals surface area contributed by atoms with Gasteiger partial charge in [-0.3, -0.25) is 9.59 Å². The third-order valence-corrected chi connectivity index (χ3v) is 2.87. The number of Topliss-reactive ketones (excluding diaryl/α,β-unsaturated/α-hetero) is 1. The Bertz CT molecular complexity index is 430. The van der Waals surface area contributed by atoms with Gasteiger partial charge in [0.1, 0.15) is 5.41 Å². The van der Waals surface area contributed by atoms with Gasteiger partial charge in [0.05, 0.1) is 0 Å². The second-order valence-corrected chi connectivity index (χ2v) is 4.09. The number of carbonyl (C=O) groups is 2. The summed E-state index contributed by atoms with van der Waals surface area (Å²) in [5.74, 6) is -1.24. The predicted octanol–water partition coefficient (Wildman–Crippen LogP) is 2.04. The number of aryl methyl sites for hydroxylation is 1. The molecule has 0 saturated heterocycles. The Hall–Kier alpha value is -1.64. The maximum atomic E-state index is 11.9. The molecule has 1 fully saturated rings. The first-order chi connectivity index (χ1) is 7.06. The molecule has 0 amide bonds. The summed E-state index contributed by atoms with van der Waals surface area (Å²) in [6.07, 6.45) is 0.935. The van der Waals surface area contributed by atoms with Crippen molar-refractivity contribution in [3.05, 3.63) is 35.4 Å². The third kappa shape index (κ3) is 1.54. The van der Waals surface area contributed by atoms with Crippen LogP contribution in [0.1, 0.15) is 28.8 Å². The lowest BCUT2D eigenvalue weighted by atomic mass is 9.94. The molecule has 0 unspecified atom stereocenters. The van der Waals surface area contributed by atoms with Gasteiger partial charge in [-0.05, 0) is 25.8 Å². The predicted molar refractivity (Wildman–Crippen MR) is 54.8 cm³/mol. The summed E-state index contributed by atoms with van der Waals surface area (Å²) in [5, 5.41) is 8.98. The van der Waals surface area contributed by atoms with Gasteiger partial charge in [0.15, 0.2) is 5.78 Å². The molecule has 0 aliphatic heterocycles. The maximum absolute atomic E-state index is 11.9. The van der Waals surface area contributed by atoms with Crippen LogP contribution in [0.4, 0.5) is 0 Å². The van der Waals surface area contributed by atoms with Gasteiger partial charge in [-0.15, -0.1) is 0 Å². The van der Waals surface area contributed by atoms with Crippen LogP contribution >= 0.6 is 0 Å². The van der Waals surface area contributed by atoms with E-state index in [0.717, 1.165) is 5.56 Å². The summed E-state index contributed by atoms with van der Waals surface area (Å²) in [7, 11) is 0. The number of rotatable bonds is 3. The molecule has 0 heterocycles. The number of hydrogen-bond acceptors (Lipinski definition) is 2. The molecule has 3 heteroatoms. The monoisotopic (exact) mass is 204 g/mol. The number of carboxylic acids is 1. The second-order valence-electron chi connectivity index (χ2n) is 4.09. The van der Waals surface area contributed by atoms with Crippen molar-refractivity contribution in [2.75, 3.05) is 0 Å². The van der Waals surface area contributed by atoms with Crippen molar-refractivity contribution >= 4 is 11.8 Å². The smallest absolute Gasteiger partial charge is 0.317 e. The molecule has 0 atom stereocenters. The lowest BCUT2D eigenvalue weighted by molar-refractivity contribution is -0.141. The first-order valence-corrected chi connectivity index (χ1v) is 4.91. The summed E-state index contributed by atoms with van der Waals surface area (Å²) in [4.78, 5) is 22.9. The number of aliphatic carboxylic acids is 1. The third-order valence-electron chi connectivity index (χ3n) is 2.87. The van der Waals surface area contributed by atoms with Gasteiger partial charge in [0.25, 0.3) is 0 Å². The number of benzene rings is 1. The molecule has 0 bridgehead atoms. The van der Waals surface area contributed by atoms with Crippen LogP contribution in [0.5, 0.6) is 0 Å². The van der Waals surface area contributed by atoms with Crippen molar-refractivity contribution in [1.82, 2.24) is 0 Å². The Morgan fingerprint density at radius 1 is 1.33 bits per heavy atom. The zero-order valence-corrected chi connectivity index (χ0v) is 8.49. The van der Waals surface area contributed by atoms with Crippen LogP contribution in [-0.2, 0) is 4.79 Å². The topological polar surface area (TPSA) is 54.4 Å². The fourth-order valence-electron chi connectivity index (χ4n) is 1.73. The molecular formula is C12H12O3. The molecule has 3 nitrogen and oxygen atoms in total. The van der Waals surface area contributed by atoms with Gasteiger partial charge in [0, 0.05) is 5.56 Å². The fraction of sp³-hybridized carbons (Fsp3) is 0.333. The Kier molecular flexibility index (Phi) is 2.11. The van der Waals surface area contributed by atoms with E-state index in [1.165, 1.54) is 0 Å². The van der Waals surface area contributed by atoms with Crippen molar-refractivity contribution in [2.24, 2.45) is 5.41 Å². The molecule has 0 spiro atoms. The maximum Gasteiger partial charge on any atom is 0.317 e. The largest absolute Gasteiger partial charge is 0.480 e. The SMILES string of the molecule is Cc1cccc(C(=O)C2(C(=O)O)CC2)c1. The summed E-state index contributed by atoms with van der Waals surface area (Å²) in [6.45, 7) is 1.89. The molecule has 1 aromatic rings. The highest BCUT2D eigenvalue weighted by Gasteiger charge is 2.56. The number of ketones is 1. The van der Waals surface area contributed by atoms with E-state index in [2.05, 4.69) is 0 Å². The zero-order valence-electron chi connectivity index (χ0n) is 8.49.